The molecule has 0 spiro atoms. The Kier molecular flexibility index (Phi) is 13.9. The molecule has 146 valence electrons. The molecular formula is C20H37NO4. The lowest BCUT2D eigenvalue weighted by atomic mass is 10.0. The van der Waals surface area contributed by atoms with Gasteiger partial charge in [-0.1, -0.05) is 52.5 Å². The van der Waals surface area contributed by atoms with Crippen molar-refractivity contribution in [3.05, 3.63) is 12.7 Å². The molecule has 0 bridgehead atoms. The van der Waals surface area contributed by atoms with Gasteiger partial charge in [-0.25, -0.2) is 9.59 Å². The monoisotopic (exact) mass is 355 g/mol. The molecule has 0 saturated heterocycles. The van der Waals surface area contributed by atoms with Crippen LogP contribution in [0.2, 0.25) is 0 Å². The SMILES string of the molecule is C=CCCCC(CCCCCCC)OC(=O)NC(CC(C)C)C(=O)O. The van der Waals surface area contributed by atoms with Gasteiger partial charge >= 0.3 is 12.1 Å². The number of nitrogens with one attached hydrogen (secondary N) is 1. The van der Waals surface area contributed by atoms with Crippen LogP contribution in [0.3, 0.4) is 0 Å². The molecule has 1 amide bonds. The van der Waals surface area contributed by atoms with Gasteiger partial charge in [0.25, 0.3) is 0 Å². The van der Waals surface area contributed by atoms with E-state index in [-0.39, 0.29) is 12.0 Å². The fraction of sp³-hybridized carbons (Fsp3) is 0.800. The number of alkyl carbamates (subject to hydrolysis) is 1. The Hall–Kier alpha value is -1.52. The van der Waals surface area contributed by atoms with Crippen molar-refractivity contribution in [2.75, 3.05) is 0 Å². The molecule has 0 aliphatic carbocycles. The molecule has 5 nitrogen and oxygen atoms in total. The Morgan fingerprint density at radius 2 is 1.76 bits per heavy atom. The lowest BCUT2D eigenvalue weighted by Gasteiger charge is -2.21. The first kappa shape index (κ1) is 23.5. The largest absolute Gasteiger partial charge is 0.480 e. The van der Waals surface area contributed by atoms with Crippen LogP contribution in [0.5, 0.6) is 0 Å². The number of hydrogen-bond donors (Lipinski definition) is 2. The average Bonchev–Trinajstić information content (AvgIpc) is 2.53. The van der Waals surface area contributed by atoms with Crippen LogP contribution in [0.1, 0.15) is 85.0 Å². The van der Waals surface area contributed by atoms with E-state index >= 15 is 0 Å². The Morgan fingerprint density at radius 3 is 2.32 bits per heavy atom. The van der Waals surface area contributed by atoms with Gasteiger partial charge in [-0.15, -0.1) is 6.58 Å². The maximum Gasteiger partial charge on any atom is 0.408 e. The highest BCUT2D eigenvalue weighted by Crippen LogP contribution is 2.15. The average molecular weight is 356 g/mol. The van der Waals surface area contributed by atoms with E-state index in [1.807, 2.05) is 19.9 Å². The summed E-state index contributed by atoms with van der Waals surface area (Å²) in [7, 11) is 0. The van der Waals surface area contributed by atoms with Gasteiger partial charge in [0, 0.05) is 0 Å². The summed E-state index contributed by atoms with van der Waals surface area (Å²) in [5, 5.41) is 11.7. The van der Waals surface area contributed by atoms with Crippen molar-refractivity contribution in [1.82, 2.24) is 5.32 Å². The zero-order valence-corrected chi connectivity index (χ0v) is 16.3. The number of carbonyl (C=O) groups is 2. The minimum Gasteiger partial charge on any atom is -0.480 e. The number of unbranched alkanes of at least 4 members (excludes halogenated alkanes) is 5. The molecule has 0 aromatic carbocycles. The van der Waals surface area contributed by atoms with Crippen molar-refractivity contribution in [1.29, 1.82) is 0 Å². The van der Waals surface area contributed by atoms with Gasteiger partial charge in [-0.2, -0.15) is 0 Å². The second-order valence-electron chi connectivity index (χ2n) is 7.11. The van der Waals surface area contributed by atoms with E-state index in [2.05, 4.69) is 18.8 Å². The Bertz CT molecular complexity index is 382. The predicted octanol–water partition coefficient (Wildman–Crippen LogP) is 5.30. The molecular weight excluding hydrogens is 318 g/mol. The molecule has 2 N–H and O–H groups in total. The first-order valence-corrected chi connectivity index (χ1v) is 9.71. The highest BCUT2D eigenvalue weighted by atomic mass is 16.6. The van der Waals surface area contributed by atoms with Gasteiger partial charge in [0.2, 0.25) is 0 Å². The summed E-state index contributed by atoms with van der Waals surface area (Å²) in [6.45, 7) is 9.75. The fourth-order valence-corrected chi connectivity index (χ4v) is 2.75. The first-order valence-electron chi connectivity index (χ1n) is 9.71. The van der Waals surface area contributed by atoms with E-state index < -0.39 is 18.1 Å². The third-order valence-electron chi connectivity index (χ3n) is 4.13. The van der Waals surface area contributed by atoms with E-state index in [9.17, 15) is 14.7 Å². The number of amides is 1. The Balaban J connectivity index is 4.44. The zero-order valence-electron chi connectivity index (χ0n) is 16.3. The Labute approximate surface area is 153 Å². The molecule has 5 heteroatoms. The maximum absolute atomic E-state index is 12.1. The van der Waals surface area contributed by atoms with Gasteiger partial charge in [0.15, 0.2) is 0 Å². The van der Waals surface area contributed by atoms with E-state index in [1.54, 1.807) is 0 Å². The lowest BCUT2D eigenvalue weighted by Crippen LogP contribution is -2.43. The molecule has 0 fully saturated rings. The van der Waals surface area contributed by atoms with Gasteiger partial charge in [-0.05, 0) is 44.4 Å². The number of ether oxygens (including phenoxy) is 1. The van der Waals surface area contributed by atoms with E-state index in [1.165, 1.54) is 19.3 Å². The quantitative estimate of drug-likeness (QED) is 0.309. The summed E-state index contributed by atoms with van der Waals surface area (Å²) in [5.41, 5.74) is 0. The van der Waals surface area contributed by atoms with Crippen LogP contribution in [0.4, 0.5) is 4.79 Å². The molecule has 0 radical (unpaired) electrons. The van der Waals surface area contributed by atoms with Gasteiger partial charge in [-0.3, -0.25) is 0 Å². The van der Waals surface area contributed by atoms with Crippen molar-refractivity contribution in [2.24, 2.45) is 5.92 Å². The summed E-state index contributed by atoms with van der Waals surface area (Å²) in [6, 6.07) is -0.897. The summed E-state index contributed by atoms with van der Waals surface area (Å²) in [5.74, 6) is -0.836. The van der Waals surface area contributed by atoms with Crippen molar-refractivity contribution in [2.45, 2.75) is 97.1 Å². The molecule has 0 aromatic rings. The highest BCUT2D eigenvalue weighted by molar-refractivity contribution is 5.79. The number of carboxylic acids is 1. The van der Waals surface area contributed by atoms with Crippen LogP contribution >= 0.6 is 0 Å². The smallest absolute Gasteiger partial charge is 0.408 e. The Morgan fingerprint density at radius 1 is 1.12 bits per heavy atom. The van der Waals surface area contributed by atoms with Gasteiger partial charge < -0.3 is 15.2 Å². The maximum atomic E-state index is 12.1. The number of carboxylic acid groups (broad SMARTS) is 1. The minimum absolute atomic E-state index is 0.157. The zero-order chi connectivity index (χ0) is 19.1. The van der Waals surface area contributed by atoms with Gasteiger partial charge in [0.05, 0.1) is 0 Å². The molecule has 0 rings (SSSR count). The molecule has 0 aliphatic rings. The minimum atomic E-state index is -1.02. The predicted molar refractivity (Wildman–Crippen MR) is 102 cm³/mol. The normalized spacial score (nSPS) is 13.3. The molecule has 2 atom stereocenters. The molecule has 0 aromatic heterocycles. The summed E-state index contributed by atoms with van der Waals surface area (Å²) < 4.78 is 5.52. The van der Waals surface area contributed by atoms with Crippen molar-refractivity contribution in [3.8, 4) is 0 Å². The first-order chi connectivity index (χ1) is 11.9. The second-order valence-corrected chi connectivity index (χ2v) is 7.11. The second kappa shape index (κ2) is 14.8. The molecule has 0 heterocycles. The van der Waals surface area contributed by atoms with Crippen LogP contribution < -0.4 is 5.32 Å². The summed E-state index contributed by atoms with van der Waals surface area (Å²) in [4.78, 5) is 23.4. The van der Waals surface area contributed by atoms with Crippen molar-refractivity contribution < 1.29 is 19.4 Å². The van der Waals surface area contributed by atoms with Crippen molar-refractivity contribution >= 4 is 12.1 Å². The van der Waals surface area contributed by atoms with Crippen LogP contribution in [0, 0.1) is 5.92 Å². The number of allylic oxidation sites excluding steroid dienone is 1. The topological polar surface area (TPSA) is 75.6 Å². The van der Waals surface area contributed by atoms with Crippen LogP contribution in [-0.4, -0.2) is 29.3 Å². The van der Waals surface area contributed by atoms with Crippen LogP contribution in [0.15, 0.2) is 12.7 Å². The number of rotatable bonds is 15. The van der Waals surface area contributed by atoms with Gasteiger partial charge in [0.1, 0.15) is 12.1 Å². The number of carbonyl (C=O) groups excluding carboxylic acids is 1. The molecule has 0 saturated carbocycles. The van der Waals surface area contributed by atoms with Crippen molar-refractivity contribution in [3.63, 3.8) is 0 Å². The standard InChI is InChI=1S/C20H37NO4/c1-5-7-9-10-12-14-17(13-11-8-6-2)25-20(24)21-18(19(22)23)15-16(3)4/h6,16-18H,2,5,7-15H2,1,3-4H3,(H,21,24)(H,22,23). The van der Waals surface area contributed by atoms with E-state index in [4.69, 9.17) is 4.74 Å². The third kappa shape index (κ3) is 13.4. The summed E-state index contributed by atoms with van der Waals surface area (Å²) in [6.07, 6.45) is 10.7. The fourth-order valence-electron chi connectivity index (χ4n) is 2.75. The lowest BCUT2D eigenvalue weighted by molar-refractivity contribution is -0.139. The van der Waals surface area contributed by atoms with Crippen LogP contribution in [0.25, 0.3) is 0 Å². The summed E-state index contributed by atoms with van der Waals surface area (Å²) >= 11 is 0. The molecule has 0 aliphatic heterocycles. The molecule has 2 unspecified atom stereocenters. The highest BCUT2D eigenvalue weighted by Gasteiger charge is 2.23. The van der Waals surface area contributed by atoms with E-state index in [0.29, 0.717) is 6.42 Å². The third-order valence-corrected chi connectivity index (χ3v) is 4.13. The van der Waals surface area contributed by atoms with E-state index in [0.717, 1.165) is 38.5 Å². The number of hydrogen-bond acceptors (Lipinski definition) is 3. The molecule has 25 heavy (non-hydrogen) atoms. The van der Waals surface area contributed by atoms with Crippen LogP contribution in [-0.2, 0) is 9.53 Å². The number of aliphatic carboxylic acids is 1.